The summed E-state index contributed by atoms with van der Waals surface area (Å²) in [5.41, 5.74) is 0.390. The van der Waals surface area contributed by atoms with Gasteiger partial charge in [-0.15, -0.1) is 11.3 Å². The average Bonchev–Trinajstić information content (AvgIpc) is 3.13. The van der Waals surface area contributed by atoms with Gasteiger partial charge >= 0.3 is 5.69 Å². The zero-order valence-electron chi connectivity index (χ0n) is 14.6. The first-order valence-corrected chi connectivity index (χ1v) is 9.56. The molecule has 0 aliphatic rings. The molecule has 2 aromatic carbocycles. The molecule has 0 N–H and O–H groups in total. The van der Waals surface area contributed by atoms with Crippen molar-refractivity contribution in [2.75, 3.05) is 0 Å². The Morgan fingerprint density at radius 2 is 1.86 bits per heavy atom. The molecule has 0 atom stereocenters. The van der Waals surface area contributed by atoms with Gasteiger partial charge in [-0.1, -0.05) is 23.7 Å². The van der Waals surface area contributed by atoms with Crippen LogP contribution in [0.2, 0.25) is 5.02 Å². The number of hydrogen-bond donors (Lipinski definition) is 0. The van der Waals surface area contributed by atoms with E-state index in [1.165, 1.54) is 40.2 Å². The van der Waals surface area contributed by atoms with E-state index in [0.29, 0.717) is 21.3 Å². The second-order valence-corrected chi connectivity index (χ2v) is 7.64. The fourth-order valence-corrected chi connectivity index (χ4v) is 4.06. The van der Waals surface area contributed by atoms with Crippen LogP contribution in [0, 0.1) is 18.6 Å². The third-order valence-corrected chi connectivity index (χ3v) is 5.76. The van der Waals surface area contributed by atoms with E-state index >= 15 is 0 Å². The van der Waals surface area contributed by atoms with E-state index in [9.17, 15) is 18.4 Å². The van der Waals surface area contributed by atoms with Crippen molar-refractivity contribution < 1.29 is 8.78 Å². The molecule has 4 rings (SSSR count). The van der Waals surface area contributed by atoms with Gasteiger partial charge in [-0.3, -0.25) is 9.36 Å². The number of nitrogens with zero attached hydrogens (tertiary/aromatic N) is 2. The molecule has 0 unspecified atom stereocenters. The summed E-state index contributed by atoms with van der Waals surface area (Å²) >= 11 is 7.30. The largest absolute Gasteiger partial charge is 0.336 e. The average molecular weight is 419 g/mol. The lowest BCUT2D eigenvalue weighted by molar-refractivity contribution is 0.615. The highest BCUT2D eigenvalue weighted by atomic mass is 35.5. The minimum atomic E-state index is -0.625. The molecule has 0 saturated heterocycles. The van der Waals surface area contributed by atoms with Crippen molar-refractivity contribution in [2.45, 2.75) is 13.5 Å². The van der Waals surface area contributed by atoms with Gasteiger partial charge in [-0.2, -0.15) is 0 Å². The van der Waals surface area contributed by atoms with Crippen molar-refractivity contribution in [2.24, 2.45) is 0 Å². The minimum Gasteiger partial charge on any atom is -0.288 e. The number of aromatic nitrogens is 2. The summed E-state index contributed by atoms with van der Waals surface area (Å²) in [7, 11) is 0. The molecule has 2 heterocycles. The summed E-state index contributed by atoms with van der Waals surface area (Å²) < 4.78 is 30.1. The number of aryl methyl sites for hydroxylation is 1. The second-order valence-electron chi connectivity index (χ2n) is 6.31. The molecular formula is C20H13ClF2N2O2S. The van der Waals surface area contributed by atoms with Crippen LogP contribution >= 0.6 is 22.9 Å². The highest BCUT2D eigenvalue weighted by Gasteiger charge is 2.17. The van der Waals surface area contributed by atoms with E-state index in [2.05, 4.69) is 0 Å². The van der Waals surface area contributed by atoms with Crippen LogP contribution in [0.5, 0.6) is 0 Å². The minimum absolute atomic E-state index is 0.0415. The zero-order chi connectivity index (χ0) is 20.0. The number of fused-ring (bicyclic) bond motifs is 1. The lowest BCUT2D eigenvalue weighted by atomic mass is 10.2. The molecule has 8 heteroatoms. The third-order valence-electron chi connectivity index (χ3n) is 4.51. The van der Waals surface area contributed by atoms with Crippen LogP contribution in [-0.4, -0.2) is 9.13 Å². The maximum absolute atomic E-state index is 14.0. The Morgan fingerprint density at radius 3 is 2.57 bits per heavy atom. The van der Waals surface area contributed by atoms with Crippen LogP contribution in [0.1, 0.15) is 11.1 Å². The van der Waals surface area contributed by atoms with E-state index in [4.69, 9.17) is 11.6 Å². The van der Waals surface area contributed by atoms with Crippen LogP contribution in [0.3, 0.4) is 0 Å². The predicted octanol–water partition coefficient (Wildman–Crippen LogP) is 4.50. The number of benzene rings is 2. The van der Waals surface area contributed by atoms with E-state index in [-0.39, 0.29) is 17.3 Å². The Morgan fingerprint density at radius 1 is 1.07 bits per heavy atom. The summed E-state index contributed by atoms with van der Waals surface area (Å²) in [5, 5.41) is 1.88. The molecular weight excluding hydrogens is 406 g/mol. The van der Waals surface area contributed by atoms with Gasteiger partial charge in [0, 0.05) is 5.02 Å². The first kappa shape index (κ1) is 18.6. The highest BCUT2D eigenvalue weighted by Crippen LogP contribution is 2.22. The highest BCUT2D eigenvalue weighted by molar-refractivity contribution is 7.17. The normalized spacial score (nSPS) is 11.3. The topological polar surface area (TPSA) is 44.0 Å². The van der Waals surface area contributed by atoms with Gasteiger partial charge in [0.25, 0.3) is 5.56 Å². The second kappa shape index (κ2) is 7.00. The molecule has 0 spiro atoms. The lowest BCUT2D eigenvalue weighted by Crippen LogP contribution is -2.38. The first-order valence-electron chi connectivity index (χ1n) is 8.30. The van der Waals surface area contributed by atoms with E-state index in [1.807, 2.05) is 0 Å². The van der Waals surface area contributed by atoms with Gasteiger partial charge in [0.05, 0.1) is 17.7 Å². The standard InChI is InChI=1S/C20H13ClF2N2O2S/c1-11-2-5-14(9-16(11)23)25-19(26)18-17(6-7-28-18)24(20(25)27)10-12-3-4-13(22)8-15(12)21/h2-9H,10H2,1H3. The van der Waals surface area contributed by atoms with Gasteiger partial charge < -0.3 is 0 Å². The first-order chi connectivity index (χ1) is 13.4. The molecule has 4 aromatic rings. The summed E-state index contributed by atoms with van der Waals surface area (Å²) in [6.07, 6.45) is 0. The summed E-state index contributed by atoms with van der Waals surface area (Å²) in [6, 6.07) is 9.77. The van der Waals surface area contributed by atoms with Crippen molar-refractivity contribution in [3.8, 4) is 5.69 Å². The molecule has 0 radical (unpaired) electrons. The van der Waals surface area contributed by atoms with Gasteiger partial charge in [0.1, 0.15) is 16.3 Å². The maximum Gasteiger partial charge on any atom is 0.336 e. The molecule has 28 heavy (non-hydrogen) atoms. The number of thiophene rings is 1. The quantitative estimate of drug-likeness (QED) is 0.491. The molecule has 142 valence electrons. The number of rotatable bonds is 3. The van der Waals surface area contributed by atoms with Crippen molar-refractivity contribution in [1.29, 1.82) is 0 Å². The maximum atomic E-state index is 14.0. The predicted molar refractivity (Wildman–Crippen MR) is 107 cm³/mol. The summed E-state index contributed by atoms with van der Waals surface area (Å²) in [6.45, 7) is 1.64. The van der Waals surface area contributed by atoms with Crippen molar-refractivity contribution in [3.05, 3.63) is 96.5 Å². The lowest BCUT2D eigenvalue weighted by Gasteiger charge is -2.13. The molecule has 2 aromatic heterocycles. The molecule has 4 nitrogen and oxygen atoms in total. The fraction of sp³-hybridized carbons (Fsp3) is 0.100. The van der Waals surface area contributed by atoms with Crippen LogP contribution in [0.4, 0.5) is 8.78 Å². The Labute approximate surface area is 166 Å². The van der Waals surface area contributed by atoms with E-state index < -0.39 is 22.9 Å². The Balaban J connectivity index is 1.99. The number of halogens is 3. The SMILES string of the molecule is Cc1ccc(-n2c(=O)c3sccc3n(Cc3ccc(F)cc3Cl)c2=O)cc1F. The van der Waals surface area contributed by atoms with Crippen LogP contribution in [-0.2, 0) is 6.54 Å². The summed E-state index contributed by atoms with van der Waals surface area (Å²) in [4.78, 5) is 26.1. The van der Waals surface area contributed by atoms with E-state index in [1.54, 1.807) is 18.4 Å². The smallest absolute Gasteiger partial charge is 0.288 e. The monoisotopic (exact) mass is 418 g/mol. The summed E-state index contributed by atoms with van der Waals surface area (Å²) in [5.74, 6) is -0.995. The van der Waals surface area contributed by atoms with Gasteiger partial charge in [0.15, 0.2) is 0 Å². The molecule has 0 aliphatic carbocycles. The van der Waals surface area contributed by atoms with Crippen LogP contribution in [0.15, 0.2) is 57.4 Å². The molecule has 0 bridgehead atoms. The Kier molecular flexibility index (Phi) is 4.64. The Hall–Kier alpha value is -2.77. The van der Waals surface area contributed by atoms with Gasteiger partial charge in [-0.05, 0) is 53.8 Å². The van der Waals surface area contributed by atoms with Crippen molar-refractivity contribution >= 4 is 33.2 Å². The van der Waals surface area contributed by atoms with Crippen LogP contribution < -0.4 is 11.2 Å². The van der Waals surface area contributed by atoms with Gasteiger partial charge in [-0.25, -0.2) is 18.1 Å². The van der Waals surface area contributed by atoms with E-state index in [0.717, 1.165) is 16.7 Å². The third kappa shape index (κ3) is 3.06. The number of hydrogen-bond acceptors (Lipinski definition) is 3. The molecule has 0 amide bonds. The Bertz CT molecular complexity index is 1340. The van der Waals surface area contributed by atoms with Crippen molar-refractivity contribution in [1.82, 2.24) is 9.13 Å². The molecule has 0 fully saturated rings. The van der Waals surface area contributed by atoms with Crippen LogP contribution in [0.25, 0.3) is 15.9 Å². The van der Waals surface area contributed by atoms with Gasteiger partial charge in [0.2, 0.25) is 0 Å². The van der Waals surface area contributed by atoms with Crippen molar-refractivity contribution in [3.63, 3.8) is 0 Å². The fourth-order valence-electron chi connectivity index (χ4n) is 3.01. The zero-order valence-corrected chi connectivity index (χ0v) is 16.2. The molecule has 0 aliphatic heterocycles. The molecule has 0 saturated carbocycles.